The highest BCUT2D eigenvalue weighted by Gasteiger charge is 2.39. The molecule has 108 valence electrons. The largest absolute Gasteiger partial charge is 0.389 e. The standard InChI is InChI=1S/C16H14F2N2S/c17-12-6-10(16(19)21)7-13(18)15(12)20-14-8-11(14)9-4-2-1-3-5-9/h1-7,11,14,20H,8H2,(H2,19,21). The van der Waals surface area contributed by atoms with Gasteiger partial charge in [0.2, 0.25) is 0 Å². The molecule has 3 rings (SSSR count). The van der Waals surface area contributed by atoms with Crippen LogP contribution in [-0.2, 0) is 0 Å². The SMILES string of the molecule is NC(=S)c1cc(F)c(NC2CC2c2ccccc2)c(F)c1. The Kier molecular flexibility index (Phi) is 3.59. The van der Waals surface area contributed by atoms with E-state index in [1.807, 2.05) is 30.3 Å². The molecule has 0 bridgehead atoms. The summed E-state index contributed by atoms with van der Waals surface area (Å²) in [6.45, 7) is 0. The highest BCUT2D eigenvalue weighted by molar-refractivity contribution is 7.80. The fraction of sp³-hybridized carbons (Fsp3) is 0.188. The molecule has 0 aromatic heterocycles. The van der Waals surface area contributed by atoms with Gasteiger partial charge in [0.05, 0.1) is 0 Å². The molecule has 0 heterocycles. The Bertz CT molecular complexity index is 665. The fourth-order valence-electron chi connectivity index (χ4n) is 2.46. The molecule has 0 aliphatic heterocycles. The number of hydrogen-bond acceptors (Lipinski definition) is 2. The van der Waals surface area contributed by atoms with Crippen molar-refractivity contribution in [1.29, 1.82) is 0 Å². The predicted octanol–water partition coefficient (Wildman–Crippen LogP) is 3.57. The molecular formula is C16H14F2N2S. The highest BCUT2D eigenvalue weighted by Crippen LogP contribution is 2.43. The highest BCUT2D eigenvalue weighted by atomic mass is 32.1. The van der Waals surface area contributed by atoms with Crippen molar-refractivity contribution in [2.24, 2.45) is 5.73 Å². The molecule has 0 spiro atoms. The van der Waals surface area contributed by atoms with E-state index < -0.39 is 11.6 Å². The van der Waals surface area contributed by atoms with Crippen LogP contribution >= 0.6 is 12.2 Å². The van der Waals surface area contributed by atoms with Crippen molar-refractivity contribution in [2.45, 2.75) is 18.4 Å². The Labute approximate surface area is 127 Å². The van der Waals surface area contributed by atoms with E-state index in [0.29, 0.717) is 5.92 Å². The first-order valence-electron chi connectivity index (χ1n) is 6.66. The van der Waals surface area contributed by atoms with Crippen LogP contribution in [0.15, 0.2) is 42.5 Å². The molecule has 1 saturated carbocycles. The van der Waals surface area contributed by atoms with E-state index in [4.69, 9.17) is 18.0 Å². The quantitative estimate of drug-likeness (QED) is 0.848. The van der Waals surface area contributed by atoms with Gasteiger partial charge in [0.1, 0.15) is 22.3 Å². The van der Waals surface area contributed by atoms with Crippen LogP contribution in [0.4, 0.5) is 14.5 Å². The van der Waals surface area contributed by atoms with Crippen LogP contribution in [-0.4, -0.2) is 11.0 Å². The number of anilines is 1. The summed E-state index contributed by atoms with van der Waals surface area (Å²) in [5.74, 6) is -1.05. The summed E-state index contributed by atoms with van der Waals surface area (Å²) in [5, 5.41) is 2.93. The Morgan fingerprint density at radius 2 is 1.76 bits per heavy atom. The topological polar surface area (TPSA) is 38.0 Å². The molecule has 2 unspecified atom stereocenters. The normalized spacial score (nSPS) is 20.1. The van der Waals surface area contributed by atoms with Crippen molar-refractivity contribution in [2.75, 3.05) is 5.32 Å². The molecule has 1 fully saturated rings. The molecule has 0 radical (unpaired) electrons. The molecule has 5 heteroatoms. The van der Waals surface area contributed by atoms with Crippen LogP contribution in [0.1, 0.15) is 23.5 Å². The van der Waals surface area contributed by atoms with Gasteiger partial charge in [-0.3, -0.25) is 0 Å². The first kappa shape index (κ1) is 13.9. The van der Waals surface area contributed by atoms with Gasteiger partial charge in [0.25, 0.3) is 0 Å². The monoisotopic (exact) mass is 304 g/mol. The Hall–Kier alpha value is -2.01. The number of halogens is 2. The third-order valence-electron chi connectivity index (χ3n) is 3.67. The maximum absolute atomic E-state index is 14.0. The summed E-state index contributed by atoms with van der Waals surface area (Å²) in [5.41, 5.74) is 6.65. The van der Waals surface area contributed by atoms with E-state index in [0.717, 1.165) is 18.6 Å². The number of thiocarbonyl (C=S) groups is 1. The third-order valence-corrected chi connectivity index (χ3v) is 3.91. The minimum absolute atomic E-state index is 0.0204. The average molecular weight is 304 g/mol. The molecule has 2 aromatic rings. The Morgan fingerprint density at radius 1 is 1.14 bits per heavy atom. The van der Waals surface area contributed by atoms with Crippen LogP contribution in [0.2, 0.25) is 0 Å². The van der Waals surface area contributed by atoms with Crippen molar-refractivity contribution in [3.05, 3.63) is 65.2 Å². The molecule has 0 saturated heterocycles. The average Bonchev–Trinajstić information content (AvgIpc) is 3.23. The molecule has 1 aliphatic carbocycles. The van der Waals surface area contributed by atoms with Gasteiger partial charge in [-0.1, -0.05) is 42.5 Å². The maximum Gasteiger partial charge on any atom is 0.150 e. The smallest absolute Gasteiger partial charge is 0.150 e. The van der Waals surface area contributed by atoms with Gasteiger partial charge in [0, 0.05) is 17.5 Å². The van der Waals surface area contributed by atoms with E-state index in [1.54, 1.807) is 0 Å². The lowest BCUT2D eigenvalue weighted by Crippen LogP contribution is -2.13. The number of hydrogen-bond donors (Lipinski definition) is 2. The van der Waals surface area contributed by atoms with Gasteiger partial charge in [-0.2, -0.15) is 0 Å². The molecular weight excluding hydrogens is 290 g/mol. The summed E-state index contributed by atoms with van der Waals surface area (Å²) >= 11 is 4.73. The lowest BCUT2D eigenvalue weighted by molar-refractivity contribution is 0.587. The summed E-state index contributed by atoms with van der Waals surface area (Å²) < 4.78 is 27.9. The van der Waals surface area contributed by atoms with Crippen molar-refractivity contribution in [3.63, 3.8) is 0 Å². The summed E-state index contributed by atoms with van der Waals surface area (Å²) in [6.07, 6.45) is 0.861. The van der Waals surface area contributed by atoms with Crippen LogP contribution < -0.4 is 11.1 Å². The number of nitrogens with two attached hydrogens (primary N) is 1. The summed E-state index contributed by atoms with van der Waals surface area (Å²) in [4.78, 5) is -0.0204. The van der Waals surface area contributed by atoms with Crippen LogP contribution in [0, 0.1) is 11.6 Å². The molecule has 2 atom stereocenters. The van der Waals surface area contributed by atoms with E-state index in [-0.39, 0.29) is 22.3 Å². The fourth-order valence-corrected chi connectivity index (χ4v) is 2.58. The number of nitrogens with one attached hydrogen (secondary N) is 1. The zero-order chi connectivity index (χ0) is 15.0. The van der Waals surface area contributed by atoms with Crippen molar-refractivity contribution >= 4 is 22.9 Å². The van der Waals surface area contributed by atoms with Crippen molar-refractivity contribution < 1.29 is 8.78 Å². The zero-order valence-electron chi connectivity index (χ0n) is 11.1. The predicted molar refractivity (Wildman–Crippen MR) is 83.5 cm³/mol. The maximum atomic E-state index is 14.0. The van der Waals surface area contributed by atoms with Gasteiger partial charge >= 0.3 is 0 Å². The zero-order valence-corrected chi connectivity index (χ0v) is 12.0. The van der Waals surface area contributed by atoms with Gasteiger partial charge < -0.3 is 11.1 Å². The van der Waals surface area contributed by atoms with Crippen LogP contribution in [0.25, 0.3) is 0 Å². The Morgan fingerprint density at radius 3 is 2.33 bits per heavy atom. The van der Waals surface area contributed by atoms with Crippen molar-refractivity contribution in [1.82, 2.24) is 0 Å². The van der Waals surface area contributed by atoms with Crippen molar-refractivity contribution in [3.8, 4) is 0 Å². The molecule has 0 amide bonds. The third kappa shape index (κ3) is 2.88. The second-order valence-corrected chi connectivity index (χ2v) is 5.62. The van der Waals surface area contributed by atoms with Gasteiger partial charge in [-0.05, 0) is 24.1 Å². The second-order valence-electron chi connectivity index (χ2n) is 5.18. The summed E-state index contributed by atoms with van der Waals surface area (Å²) in [7, 11) is 0. The van der Waals surface area contributed by atoms with Crippen LogP contribution in [0.5, 0.6) is 0 Å². The molecule has 2 nitrogen and oxygen atoms in total. The minimum Gasteiger partial charge on any atom is -0.389 e. The van der Waals surface area contributed by atoms with E-state index in [2.05, 4.69) is 5.32 Å². The second kappa shape index (κ2) is 5.41. The first-order valence-corrected chi connectivity index (χ1v) is 7.07. The van der Waals surface area contributed by atoms with E-state index in [9.17, 15) is 8.78 Å². The van der Waals surface area contributed by atoms with Gasteiger partial charge in [-0.15, -0.1) is 0 Å². The number of rotatable bonds is 4. The molecule has 2 aromatic carbocycles. The minimum atomic E-state index is -0.670. The molecule has 3 N–H and O–H groups in total. The lowest BCUT2D eigenvalue weighted by Gasteiger charge is -2.10. The lowest BCUT2D eigenvalue weighted by atomic mass is 10.1. The van der Waals surface area contributed by atoms with E-state index in [1.165, 1.54) is 5.56 Å². The Balaban J connectivity index is 1.77. The van der Waals surface area contributed by atoms with E-state index >= 15 is 0 Å². The summed E-state index contributed by atoms with van der Waals surface area (Å²) in [6, 6.07) is 12.3. The molecule has 21 heavy (non-hydrogen) atoms. The van der Waals surface area contributed by atoms with Gasteiger partial charge in [-0.25, -0.2) is 8.78 Å². The first-order chi connectivity index (χ1) is 10.1. The molecule has 1 aliphatic rings. The number of benzene rings is 2. The van der Waals surface area contributed by atoms with Gasteiger partial charge in [0.15, 0.2) is 0 Å². The van der Waals surface area contributed by atoms with Crippen LogP contribution in [0.3, 0.4) is 0 Å².